The van der Waals surface area contributed by atoms with Crippen LogP contribution in [0.5, 0.6) is 11.5 Å². The van der Waals surface area contributed by atoms with E-state index in [1.807, 2.05) is 11.0 Å². The fourth-order valence-electron chi connectivity index (χ4n) is 3.88. The molecule has 0 spiro atoms. The van der Waals surface area contributed by atoms with E-state index in [4.69, 9.17) is 38.4 Å². The molecule has 1 aliphatic heterocycles. The summed E-state index contributed by atoms with van der Waals surface area (Å²) in [4.78, 5) is 32.5. The molecule has 0 aliphatic carbocycles. The smallest absolute Gasteiger partial charge is 0.263 e. The second kappa shape index (κ2) is 13.5. The second-order valence-corrected chi connectivity index (χ2v) is 9.83. The molecular weight excluding hydrogens is 517 g/mol. The molecule has 2 amide bonds. The van der Waals surface area contributed by atoms with Crippen molar-refractivity contribution < 1.29 is 19.1 Å². The third kappa shape index (κ3) is 8.52. The van der Waals surface area contributed by atoms with Gasteiger partial charge in [0.15, 0.2) is 17.5 Å². The lowest BCUT2D eigenvalue weighted by Gasteiger charge is -2.31. The maximum absolute atomic E-state index is 12.9. The van der Waals surface area contributed by atoms with E-state index >= 15 is 0 Å². The van der Waals surface area contributed by atoms with Gasteiger partial charge in [0.05, 0.1) is 20.3 Å². The molecular formula is C26H33Cl2N5O4. The van der Waals surface area contributed by atoms with Gasteiger partial charge in [-0.25, -0.2) is 0 Å². The summed E-state index contributed by atoms with van der Waals surface area (Å²) < 4.78 is 11.3. The van der Waals surface area contributed by atoms with Gasteiger partial charge < -0.3 is 25.4 Å². The summed E-state index contributed by atoms with van der Waals surface area (Å²) in [6.45, 7) is 1.91. The third-order valence-electron chi connectivity index (χ3n) is 6.05. The molecule has 11 heteroatoms. The van der Waals surface area contributed by atoms with Crippen molar-refractivity contribution in [1.82, 2.24) is 15.1 Å². The molecule has 2 aromatic carbocycles. The summed E-state index contributed by atoms with van der Waals surface area (Å²) in [5.41, 5.74) is 7.11. The molecule has 1 aliphatic rings. The van der Waals surface area contributed by atoms with Gasteiger partial charge in [0.25, 0.3) is 11.8 Å². The van der Waals surface area contributed by atoms with E-state index in [1.54, 1.807) is 56.4 Å². The number of guanidine groups is 1. The minimum absolute atomic E-state index is 0.00714. The normalized spacial score (nSPS) is 14.8. The van der Waals surface area contributed by atoms with Crippen molar-refractivity contribution in [2.24, 2.45) is 10.7 Å². The van der Waals surface area contributed by atoms with E-state index in [0.717, 1.165) is 18.4 Å². The Kier molecular flexibility index (Phi) is 10.4. The highest BCUT2D eigenvalue weighted by Gasteiger charge is 2.23. The van der Waals surface area contributed by atoms with E-state index in [9.17, 15) is 9.59 Å². The van der Waals surface area contributed by atoms with Gasteiger partial charge in [-0.15, -0.1) is 0 Å². The van der Waals surface area contributed by atoms with Crippen LogP contribution in [0.1, 0.15) is 28.8 Å². The fourth-order valence-corrected chi connectivity index (χ4v) is 4.39. The van der Waals surface area contributed by atoms with Gasteiger partial charge in [-0.2, -0.15) is 4.99 Å². The number of nitrogens with one attached hydrogen (secondary N) is 1. The number of hydrogen-bond donors (Lipinski definition) is 2. The number of methoxy groups -OCH3 is 1. The largest absolute Gasteiger partial charge is 0.493 e. The quantitative estimate of drug-likeness (QED) is 0.365. The number of nitrogens with two attached hydrogens (primary N) is 1. The summed E-state index contributed by atoms with van der Waals surface area (Å²) >= 11 is 12.2. The summed E-state index contributed by atoms with van der Waals surface area (Å²) in [6, 6.07) is 10.5. The van der Waals surface area contributed by atoms with Crippen LogP contribution in [-0.4, -0.2) is 81.1 Å². The Bertz CT molecular complexity index is 1130. The highest BCUT2D eigenvalue weighted by molar-refractivity contribution is 6.35. The molecule has 200 valence electrons. The number of benzene rings is 2. The highest BCUT2D eigenvalue weighted by atomic mass is 35.5. The molecule has 0 aromatic heterocycles. The lowest BCUT2D eigenvalue weighted by molar-refractivity contribution is -0.119. The Labute approximate surface area is 227 Å². The maximum Gasteiger partial charge on any atom is 0.263 e. The molecule has 0 saturated carbocycles. The monoisotopic (exact) mass is 549 g/mol. The number of piperidine rings is 1. The molecule has 0 bridgehead atoms. The van der Waals surface area contributed by atoms with E-state index in [0.29, 0.717) is 53.2 Å². The Morgan fingerprint density at radius 3 is 2.51 bits per heavy atom. The summed E-state index contributed by atoms with van der Waals surface area (Å²) in [5, 5.41) is 4.24. The average Bonchev–Trinajstić information content (AvgIpc) is 2.86. The molecule has 1 saturated heterocycles. The fraction of sp³-hybridized carbons (Fsp3) is 0.423. The minimum Gasteiger partial charge on any atom is -0.493 e. The topological polar surface area (TPSA) is 109 Å². The zero-order valence-electron chi connectivity index (χ0n) is 21.3. The van der Waals surface area contributed by atoms with Gasteiger partial charge in [-0.1, -0.05) is 29.3 Å². The number of rotatable bonds is 9. The lowest BCUT2D eigenvalue weighted by Crippen LogP contribution is -2.46. The first-order chi connectivity index (χ1) is 17.7. The van der Waals surface area contributed by atoms with E-state index in [1.165, 1.54) is 0 Å². The van der Waals surface area contributed by atoms with Crippen LogP contribution in [0.4, 0.5) is 0 Å². The first kappa shape index (κ1) is 28.6. The Balaban J connectivity index is 1.52. The van der Waals surface area contributed by atoms with Crippen molar-refractivity contribution in [3.8, 4) is 11.5 Å². The van der Waals surface area contributed by atoms with Gasteiger partial charge in [0.1, 0.15) is 0 Å². The molecule has 0 atom stereocenters. The van der Waals surface area contributed by atoms with E-state index < -0.39 is 0 Å². The van der Waals surface area contributed by atoms with Crippen molar-refractivity contribution in [2.75, 3.05) is 47.4 Å². The van der Waals surface area contributed by atoms with Gasteiger partial charge in [-0.3, -0.25) is 14.5 Å². The molecule has 1 heterocycles. The van der Waals surface area contributed by atoms with E-state index in [-0.39, 0.29) is 30.4 Å². The standard InChI is InChI=1S/C26H33Cl2N5O4/c1-32(2)26(29)31-24(34)16-33-11-8-20(9-12-33)30-25(35)18-5-7-22(36-3)23(14-18)37-13-10-17-4-6-19(27)15-21(17)28/h4-7,14-15,20H,8-13,16H2,1-3H3,(H,30,35)(H2,29,31,34). The average molecular weight is 550 g/mol. The molecule has 37 heavy (non-hydrogen) atoms. The van der Waals surface area contributed by atoms with Crippen molar-refractivity contribution in [2.45, 2.75) is 25.3 Å². The molecule has 9 nitrogen and oxygen atoms in total. The minimum atomic E-state index is -0.280. The molecule has 3 rings (SSSR count). The van der Waals surface area contributed by atoms with Crippen molar-refractivity contribution in [3.05, 3.63) is 57.6 Å². The zero-order chi connectivity index (χ0) is 26.9. The number of ether oxygens (including phenoxy) is 2. The number of carbonyl (C=O) groups excluding carboxylic acids is 2. The van der Waals surface area contributed by atoms with E-state index in [2.05, 4.69) is 10.3 Å². The van der Waals surface area contributed by atoms with Crippen LogP contribution >= 0.6 is 23.2 Å². The molecule has 2 aromatic rings. The van der Waals surface area contributed by atoms with Crippen molar-refractivity contribution >= 4 is 41.0 Å². The Morgan fingerprint density at radius 1 is 1.14 bits per heavy atom. The number of hydrogen-bond acceptors (Lipinski definition) is 5. The van der Waals surface area contributed by atoms with Crippen LogP contribution in [0.25, 0.3) is 0 Å². The second-order valence-electron chi connectivity index (χ2n) is 8.98. The maximum atomic E-state index is 12.9. The molecule has 0 unspecified atom stereocenters. The van der Waals surface area contributed by atoms with Crippen LogP contribution in [0.2, 0.25) is 10.0 Å². The van der Waals surface area contributed by atoms with Crippen LogP contribution in [-0.2, 0) is 11.2 Å². The molecule has 0 radical (unpaired) electrons. The number of nitrogens with zero attached hydrogens (tertiary/aromatic N) is 3. The van der Waals surface area contributed by atoms with Crippen molar-refractivity contribution in [1.29, 1.82) is 0 Å². The van der Waals surface area contributed by atoms with Gasteiger partial charge in [-0.05, 0) is 48.7 Å². The van der Waals surface area contributed by atoms with Crippen LogP contribution in [0.15, 0.2) is 41.4 Å². The highest BCUT2D eigenvalue weighted by Crippen LogP contribution is 2.29. The predicted molar refractivity (Wildman–Crippen MR) is 146 cm³/mol. The number of halogens is 2. The lowest BCUT2D eigenvalue weighted by atomic mass is 10.0. The number of aliphatic imine (C=N–C) groups is 1. The van der Waals surface area contributed by atoms with Crippen LogP contribution in [0, 0.1) is 0 Å². The number of carbonyl (C=O) groups is 2. The van der Waals surface area contributed by atoms with Gasteiger partial charge >= 0.3 is 0 Å². The van der Waals surface area contributed by atoms with Gasteiger partial charge in [0.2, 0.25) is 0 Å². The predicted octanol–water partition coefficient (Wildman–Crippen LogP) is 3.22. The first-order valence-corrected chi connectivity index (χ1v) is 12.7. The first-order valence-electron chi connectivity index (χ1n) is 12.0. The summed E-state index contributed by atoms with van der Waals surface area (Å²) in [7, 11) is 5.02. The van der Waals surface area contributed by atoms with Gasteiger partial charge in [0, 0.05) is 55.3 Å². The Hall–Kier alpha value is -3.01. The summed E-state index contributed by atoms with van der Waals surface area (Å²) in [5.74, 6) is 0.730. The molecule has 3 N–H and O–H groups in total. The van der Waals surface area contributed by atoms with Crippen LogP contribution < -0.4 is 20.5 Å². The number of amides is 2. The van der Waals surface area contributed by atoms with Crippen LogP contribution in [0.3, 0.4) is 0 Å². The zero-order valence-corrected chi connectivity index (χ0v) is 22.8. The SMILES string of the molecule is COc1ccc(C(=O)NC2CCN(CC(=O)N=C(N)N(C)C)CC2)cc1OCCc1ccc(Cl)cc1Cl. The third-order valence-corrected chi connectivity index (χ3v) is 6.64. The Morgan fingerprint density at radius 2 is 1.86 bits per heavy atom. The number of likely N-dealkylation sites (tertiary alicyclic amines) is 1. The summed E-state index contributed by atoms with van der Waals surface area (Å²) in [6.07, 6.45) is 2.03. The van der Waals surface area contributed by atoms with Crippen molar-refractivity contribution in [3.63, 3.8) is 0 Å². The molecule has 1 fully saturated rings.